The molecule has 5 aliphatic rings. The van der Waals surface area contributed by atoms with Gasteiger partial charge < -0.3 is 133 Å². The number of hydrogen-bond donors (Lipinski definition) is 14. The molecule has 0 unspecified atom stereocenters. The SMILES string of the molecule is COc1cc(C=CC(=O)OC[C@H]2O[C@@H](Oc3cc4oc(-c5cc(O)c(O)c(O[C@@H]6O[C@H](COC(=O)C=Cc7cc(OC)c(O)c(OC)c7)[C@@H](O)[C@H](O)[C@H]6O)c5)c(O[C@@H]5O[C@H](CO)[C@@H](O)[C@H](O)[C@H]5O)cc-4c(=O)c3)[C@H](O)[C@@H](O)[C@@H]2O)cc(OC)c1O. The normalized spacial score (nSPS) is 27.8. The highest BCUT2D eigenvalue weighted by molar-refractivity contribution is 5.88. The monoisotopic (exact) mass is 1200 g/mol. The van der Waals surface area contributed by atoms with Crippen molar-refractivity contribution in [3.63, 3.8) is 0 Å². The first-order valence-electron chi connectivity index (χ1n) is 25.5. The number of hydrogen-bond acceptors (Lipinski definition) is 30. The smallest absolute Gasteiger partial charge is 0.330 e. The molecule has 0 aromatic heterocycles. The molecule has 1 aliphatic carbocycles. The van der Waals surface area contributed by atoms with Crippen LogP contribution in [0.5, 0.6) is 63.2 Å². The van der Waals surface area contributed by atoms with Crippen molar-refractivity contribution < 1.29 is 142 Å². The van der Waals surface area contributed by atoms with Gasteiger partial charge in [0.05, 0.1) is 40.6 Å². The van der Waals surface area contributed by atoms with Crippen LogP contribution in [0.2, 0.25) is 0 Å². The van der Waals surface area contributed by atoms with Crippen molar-refractivity contribution in [3.8, 4) is 85.9 Å². The molecule has 3 aromatic carbocycles. The van der Waals surface area contributed by atoms with E-state index in [2.05, 4.69) is 0 Å². The average Bonchev–Trinajstić information content (AvgIpc) is 1.31. The molecule has 0 bridgehead atoms. The maximum Gasteiger partial charge on any atom is 0.330 e. The highest BCUT2D eigenvalue weighted by atomic mass is 16.7. The van der Waals surface area contributed by atoms with Gasteiger partial charge in [-0.25, -0.2) is 9.59 Å². The van der Waals surface area contributed by atoms with Gasteiger partial charge in [-0.15, -0.1) is 0 Å². The number of fused-ring (bicyclic) bond motifs is 1. The maximum atomic E-state index is 13.9. The number of aliphatic hydroxyl groups excluding tert-OH is 10. The summed E-state index contributed by atoms with van der Waals surface area (Å²) in [7, 11) is 5.20. The minimum absolute atomic E-state index is 0.0272. The maximum absolute atomic E-state index is 13.9. The van der Waals surface area contributed by atoms with Gasteiger partial charge in [0.15, 0.2) is 51.4 Å². The van der Waals surface area contributed by atoms with E-state index < -0.39 is 170 Å². The summed E-state index contributed by atoms with van der Waals surface area (Å²) in [5.74, 6) is -7.04. The quantitative estimate of drug-likeness (QED) is 0.0235. The van der Waals surface area contributed by atoms with Crippen LogP contribution in [-0.2, 0) is 33.3 Å². The molecule has 3 aromatic rings. The number of phenols is 4. The van der Waals surface area contributed by atoms with Crippen molar-refractivity contribution in [1.82, 2.24) is 0 Å². The van der Waals surface area contributed by atoms with Gasteiger partial charge >= 0.3 is 11.9 Å². The molecule has 460 valence electrons. The van der Waals surface area contributed by atoms with Crippen LogP contribution in [-0.4, -0.2) is 224 Å². The standard InChI is InChI=1S/C55H60O30/c1-73-29-9-21(10-30(74-2)41(29)62)5-7-38(59)77-19-36-44(65)47(68)49(70)53(84-36)79-24-15-26(57)25-17-34(82-55-50(71)46(67)43(64)35(18-56)83-55)52(80-28(25)16-24)23-13-27(58)40(61)33(14-23)81-54-51(72)48(69)45(66)37(85-54)20-78-39(60)8-6-22-11-31(75-3)42(63)32(12-22)76-4/h5-17,35-37,43-51,53-56,58,61-72H,18-20H2,1-4H3/t35-,36-,37-,43-,44-,45-,46+,47+,48+,49-,50-,51-,53-,54-,55-/m1/s1. The summed E-state index contributed by atoms with van der Waals surface area (Å²) in [6, 6.07) is 10.3. The number of aliphatic hydroxyl groups is 10. The molecule has 8 rings (SSSR count). The summed E-state index contributed by atoms with van der Waals surface area (Å²) in [5.41, 5.74) is -0.896. The van der Waals surface area contributed by atoms with E-state index in [0.717, 1.165) is 42.5 Å². The van der Waals surface area contributed by atoms with Gasteiger partial charge in [-0.05, 0) is 65.7 Å². The third-order valence-electron chi connectivity index (χ3n) is 13.6. The molecule has 0 spiro atoms. The lowest BCUT2D eigenvalue weighted by Crippen LogP contribution is -2.60. The molecule has 3 saturated heterocycles. The Labute approximate surface area is 479 Å². The van der Waals surface area contributed by atoms with Crippen LogP contribution in [0.4, 0.5) is 0 Å². The second-order valence-corrected chi connectivity index (χ2v) is 19.2. The second kappa shape index (κ2) is 26.8. The molecule has 30 nitrogen and oxygen atoms in total. The molecule has 0 amide bonds. The van der Waals surface area contributed by atoms with Crippen LogP contribution in [0.25, 0.3) is 34.8 Å². The summed E-state index contributed by atoms with van der Waals surface area (Å²) < 4.78 is 71.5. The lowest BCUT2D eigenvalue weighted by Gasteiger charge is -2.40. The predicted molar refractivity (Wildman–Crippen MR) is 282 cm³/mol. The molecule has 85 heavy (non-hydrogen) atoms. The molecular weight excluding hydrogens is 1140 g/mol. The predicted octanol–water partition coefficient (Wildman–Crippen LogP) is -1.67. The number of carbonyl (C=O) groups excluding carboxylic acids is 2. The van der Waals surface area contributed by atoms with Gasteiger partial charge in [-0.3, -0.25) is 4.79 Å². The largest absolute Gasteiger partial charge is 0.504 e. The van der Waals surface area contributed by atoms with E-state index in [1.807, 2.05) is 0 Å². The van der Waals surface area contributed by atoms with E-state index in [1.54, 1.807) is 0 Å². The van der Waals surface area contributed by atoms with E-state index in [-0.39, 0.29) is 45.6 Å². The van der Waals surface area contributed by atoms with Crippen LogP contribution >= 0.6 is 0 Å². The summed E-state index contributed by atoms with van der Waals surface area (Å²) in [5, 5.41) is 150. The van der Waals surface area contributed by atoms with E-state index in [1.165, 1.54) is 64.9 Å². The van der Waals surface area contributed by atoms with E-state index in [0.29, 0.717) is 11.1 Å². The molecule has 15 atom stereocenters. The van der Waals surface area contributed by atoms with Crippen molar-refractivity contribution >= 4 is 24.1 Å². The molecule has 4 heterocycles. The third-order valence-corrected chi connectivity index (χ3v) is 13.6. The number of methoxy groups -OCH3 is 4. The van der Waals surface area contributed by atoms with Crippen molar-refractivity contribution in [2.24, 2.45) is 0 Å². The molecule has 14 N–H and O–H groups in total. The van der Waals surface area contributed by atoms with Gasteiger partial charge in [0, 0.05) is 29.8 Å². The molecule has 4 aliphatic heterocycles. The van der Waals surface area contributed by atoms with Gasteiger partial charge in [-0.2, -0.15) is 0 Å². The number of aromatic hydroxyl groups is 4. The first kappa shape index (κ1) is 62.8. The first-order valence-corrected chi connectivity index (χ1v) is 25.5. The Balaban J connectivity index is 1.06. The second-order valence-electron chi connectivity index (χ2n) is 19.2. The Kier molecular flexibility index (Phi) is 19.8. The zero-order valence-corrected chi connectivity index (χ0v) is 45.1. The Morgan fingerprint density at radius 2 is 0.906 bits per heavy atom. The fourth-order valence-corrected chi connectivity index (χ4v) is 8.96. The van der Waals surface area contributed by atoms with E-state index in [9.17, 15) is 85.9 Å². The van der Waals surface area contributed by atoms with Gasteiger partial charge in [-0.1, -0.05) is 0 Å². The van der Waals surface area contributed by atoms with Crippen LogP contribution < -0.4 is 38.6 Å². The number of phenolic OH excluding ortho intramolecular Hbond substituents is 4. The Morgan fingerprint density at radius 1 is 0.482 bits per heavy atom. The topological polar surface area (TPSA) is 458 Å². The Morgan fingerprint density at radius 3 is 1.35 bits per heavy atom. The average molecular weight is 1200 g/mol. The van der Waals surface area contributed by atoms with Crippen LogP contribution in [0.3, 0.4) is 0 Å². The summed E-state index contributed by atoms with van der Waals surface area (Å²) in [6.07, 6.45) is -23.8. The van der Waals surface area contributed by atoms with Crippen molar-refractivity contribution in [2.75, 3.05) is 48.3 Å². The van der Waals surface area contributed by atoms with Crippen molar-refractivity contribution in [3.05, 3.63) is 88.1 Å². The molecule has 3 fully saturated rings. The molecule has 0 radical (unpaired) electrons. The van der Waals surface area contributed by atoms with Gasteiger partial charge in [0.1, 0.15) is 98.0 Å². The van der Waals surface area contributed by atoms with Gasteiger partial charge in [0.2, 0.25) is 36.1 Å². The van der Waals surface area contributed by atoms with Crippen LogP contribution in [0.15, 0.2) is 76.0 Å². The number of ether oxygens (including phenoxy) is 12. The summed E-state index contributed by atoms with van der Waals surface area (Å²) in [6.45, 7) is -2.38. The minimum Gasteiger partial charge on any atom is -0.504 e. The summed E-state index contributed by atoms with van der Waals surface area (Å²) in [4.78, 5) is 39.5. The van der Waals surface area contributed by atoms with Crippen molar-refractivity contribution in [1.29, 1.82) is 0 Å². The minimum atomic E-state index is -2.10. The first-order chi connectivity index (χ1) is 40.5. The van der Waals surface area contributed by atoms with E-state index in [4.69, 9.17) is 61.3 Å². The highest BCUT2D eigenvalue weighted by Gasteiger charge is 2.48. The van der Waals surface area contributed by atoms with E-state index >= 15 is 0 Å². The fourth-order valence-electron chi connectivity index (χ4n) is 8.96. The number of esters is 2. The highest BCUT2D eigenvalue weighted by Crippen LogP contribution is 2.46. The molecular formula is C55H60O30. The fraction of sp³-hybridized carbons (Fsp3) is 0.400. The number of rotatable bonds is 20. The summed E-state index contributed by atoms with van der Waals surface area (Å²) >= 11 is 0. The Hall–Kier alpha value is -8.21. The lowest BCUT2D eigenvalue weighted by atomic mass is 9.99. The number of carbonyl (C=O) groups is 2. The molecule has 0 saturated carbocycles. The zero-order valence-electron chi connectivity index (χ0n) is 45.1. The van der Waals surface area contributed by atoms with Crippen molar-refractivity contribution in [2.45, 2.75) is 92.1 Å². The Bertz CT molecular complexity index is 3220. The van der Waals surface area contributed by atoms with Gasteiger partial charge in [0.25, 0.3) is 0 Å². The molecule has 30 heteroatoms. The zero-order chi connectivity index (χ0) is 61.7. The van der Waals surface area contributed by atoms with Crippen LogP contribution in [0, 0.1) is 0 Å². The number of benzene rings is 4. The lowest BCUT2D eigenvalue weighted by molar-refractivity contribution is -0.278. The third kappa shape index (κ3) is 13.7. The van der Waals surface area contributed by atoms with Crippen LogP contribution in [0.1, 0.15) is 11.1 Å².